The zero-order valence-corrected chi connectivity index (χ0v) is 14.4. The van der Waals surface area contributed by atoms with E-state index in [1.165, 1.54) is 12.1 Å². The summed E-state index contributed by atoms with van der Waals surface area (Å²) >= 11 is 6.09. The highest BCUT2D eigenvalue weighted by Crippen LogP contribution is 2.30. The number of guanidine groups is 1. The van der Waals surface area contributed by atoms with Gasteiger partial charge in [0.15, 0.2) is 5.96 Å². The van der Waals surface area contributed by atoms with E-state index in [1.54, 1.807) is 28.8 Å². The van der Waals surface area contributed by atoms with Gasteiger partial charge in [-0.05, 0) is 59.7 Å². The summed E-state index contributed by atoms with van der Waals surface area (Å²) in [7, 11) is 0. The first-order valence-electron chi connectivity index (χ1n) is 7.78. The minimum Gasteiger partial charge on any atom is -0.370 e. The Bertz CT molecular complexity index is 975. The summed E-state index contributed by atoms with van der Waals surface area (Å²) in [5.74, 6) is -1.12. The molecule has 3 rings (SSSR count). The molecular formula is C19H16ClFN4O. The molecule has 1 aromatic heterocycles. The minimum absolute atomic E-state index is 0.0700. The fraction of sp³-hybridized carbons (Fsp3) is 0.0526. The standard InChI is InChI=1S/C19H16ClFN4O/c20-14-3-1-2-13(10-14)17-9-8-16(12-4-6-15(21)7-5-12)25(17)11-18(26)24-19(22)23/h1-10H,11H2,(H4,22,23,24,26). The molecule has 0 atom stereocenters. The fourth-order valence-electron chi connectivity index (χ4n) is 2.73. The van der Waals surface area contributed by atoms with Crippen molar-refractivity contribution in [2.75, 3.05) is 0 Å². The predicted molar refractivity (Wildman–Crippen MR) is 101 cm³/mol. The molecule has 1 heterocycles. The number of amides is 1. The monoisotopic (exact) mass is 370 g/mol. The number of rotatable bonds is 4. The average Bonchev–Trinajstić information content (AvgIpc) is 2.98. The third-order valence-electron chi connectivity index (χ3n) is 3.79. The van der Waals surface area contributed by atoms with Crippen molar-refractivity contribution in [3.63, 3.8) is 0 Å². The maximum Gasteiger partial charge on any atom is 0.268 e. The van der Waals surface area contributed by atoms with Crippen LogP contribution in [0.2, 0.25) is 5.02 Å². The van der Waals surface area contributed by atoms with Crippen molar-refractivity contribution in [3.8, 4) is 22.5 Å². The van der Waals surface area contributed by atoms with Crippen LogP contribution in [-0.4, -0.2) is 16.4 Å². The molecule has 2 aromatic carbocycles. The number of carbonyl (C=O) groups is 1. The number of carbonyl (C=O) groups excluding carboxylic acids is 1. The zero-order valence-electron chi connectivity index (χ0n) is 13.7. The predicted octanol–water partition coefficient (Wildman–Crippen LogP) is 3.41. The molecule has 0 bridgehead atoms. The van der Waals surface area contributed by atoms with Crippen LogP contribution in [0, 0.1) is 5.82 Å². The van der Waals surface area contributed by atoms with Crippen molar-refractivity contribution in [1.29, 1.82) is 0 Å². The fourth-order valence-corrected chi connectivity index (χ4v) is 2.92. The second kappa shape index (κ2) is 7.41. The molecule has 26 heavy (non-hydrogen) atoms. The largest absolute Gasteiger partial charge is 0.370 e. The molecule has 0 spiro atoms. The number of hydrogen-bond donors (Lipinski definition) is 2. The van der Waals surface area contributed by atoms with E-state index in [2.05, 4.69) is 4.99 Å². The number of nitrogens with zero attached hydrogens (tertiary/aromatic N) is 2. The number of nitrogens with two attached hydrogens (primary N) is 2. The van der Waals surface area contributed by atoms with Gasteiger partial charge >= 0.3 is 0 Å². The van der Waals surface area contributed by atoms with Crippen molar-refractivity contribution in [2.45, 2.75) is 6.54 Å². The van der Waals surface area contributed by atoms with E-state index < -0.39 is 5.91 Å². The highest BCUT2D eigenvalue weighted by atomic mass is 35.5. The second-order valence-corrected chi connectivity index (χ2v) is 6.07. The summed E-state index contributed by atoms with van der Waals surface area (Å²) in [4.78, 5) is 15.7. The Hall–Kier alpha value is -3.12. The van der Waals surface area contributed by atoms with E-state index in [0.29, 0.717) is 5.02 Å². The minimum atomic E-state index is -0.493. The van der Waals surface area contributed by atoms with Gasteiger partial charge in [0.2, 0.25) is 0 Å². The van der Waals surface area contributed by atoms with Crippen LogP contribution in [-0.2, 0) is 11.3 Å². The molecule has 0 saturated carbocycles. The van der Waals surface area contributed by atoms with Gasteiger partial charge in [0.05, 0.1) is 0 Å². The summed E-state index contributed by atoms with van der Waals surface area (Å²) in [6.45, 7) is -0.0700. The first-order valence-corrected chi connectivity index (χ1v) is 8.16. The molecular weight excluding hydrogens is 355 g/mol. The second-order valence-electron chi connectivity index (χ2n) is 5.64. The summed E-state index contributed by atoms with van der Waals surface area (Å²) in [6.07, 6.45) is 0. The van der Waals surface area contributed by atoms with Crippen LogP contribution in [0.4, 0.5) is 4.39 Å². The van der Waals surface area contributed by atoms with Crippen molar-refractivity contribution in [3.05, 3.63) is 71.5 Å². The third kappa shape index (κ3) is 3.92. The average molecular weight is 371 g/mol. The highest BCUT2D eigenvalue weighted by molar-refractivity contribution is 6.30. The molecule has 0 fully saturated rings. The highest BCUT2D eigenvalue weighted by Gasteiger charge is 2.15. The van der Waals surface area contributed by atoms with Crippen LogP contribution >= 0.6 is 11.6 Å². The molecule has 0 radical (unpaired) electrons. The number of aliphatic imine (C=N–C) groups is 1. The molecule has 5 nitrogen and oxygen atoms in total. The smallest absolute Gasteiger partial charge is 0.268 e. The van der Waals surface area contributed by atoms with Crippen LogP contribution in [0.5, 0.6) is 0 Å². The van der Waals surface area contributed by atoms with Crippen molar-refractivity contribution in [2.24, 2.45) is 16.5 Å². The van der Waals surface area contributed by atoms with E-state index in [-0.39, 0.29) is 18.3 Å². The van der Waals surface area contributed by atoms with E-state index in [4.69, 9.17) is 23.1 Å². The van der Waals surface area contributed by atoms with Gasteiger partial charge in [-0.1, -0.05) is 23.7 Å². The molecule has 132 valence electrons. The lowest BCUT2D eigenvalue weighted by atomic mass is 10.1. The Morgan fingerprint density at radius 1 is 1.00 bits per heavy atom. The van der Waals surface area contributed by atoms with Crippen LogP contribution in [0.3, 0.4) is 0 Å². The van der Waals surface area contributed by atoms with Gasteiger partial charge in [0, 0.05) is 16.4 Å². The summed E-state index contributed by atoms with van der Waals surface area (Å²) in [5, 5.41) is 0.578. The molecule has 0 unspecified atom stereocenters. The molecule has 1 amide bonds. The lowest BCUT2D eigenvalue weighted by Gasteiger charge is -2.13. The maximum absolute atomic E-state index is 13.2. The van der Waals surface area contributed by atoms with Gasteiger partial charge in [0.25, 0.3) is 5.91 Å². The number of aromatic nitrogens is 1. The topological polar surface area (TPSA) is 86.4 Å². The van der Waals surface area contributed by atoms with Gasteiger partial charge in [-0.2, -0.15) is 4.99 Å². The van der Waals surface area contributed by atoms with Gasteiger partial charge < -0.3 is 16.0 Å². The summed E-state index contributed by atoms with van der Waals surface area (Å²) in [5.41, 5.74) is 13.7. The van der Waals surface area contributed by atoms with Crippen LogP contribution in [0.1, 0.15) is 0 Å². The van der Waals surface area contributed by atoms with Crippen molar-refractivity contribution in [1.82, 2.24) is 4.57 Å². The van der Waals surface area contributed by atoms with Crippen LogP contribution in [0.25, 0.3) is 22.5 Å². The van der Waals surface area contributed by atoms with Crippen molar-refractivity contribution >= 4 is 23.5 Å². The van der Waals surface area contributed by atoms with E-state index in [0.717, 1.165) is 22.5 Å². The Morgan fingerprint density at radius 3 is 2.27 bits per heavy atom. The summed E-state index contributed by atoms with van der Waals surface area (Å²) < 4.78 is 15.0. The van der Waals surface area contributed by atoms with E-state index in [9.17, 15) is 9.18 Å². The van der Waals surface area contributed by atoms with Gasteiger partial charge in [-0.25, -0.2) is 4.39 Å². The maximum atomic E-state index is 13.2. The zero-order chi connectivity index (χ0) is 18.7. The quantitative estimate of drug-likeness (QED) is 0.545. The SMILES string of the molecule is NC(N)=NC(=O)Cn1c(-c2ccc(F)cc2)ccc1-c1cccc(Cl)c1. The first-order chi connectivity index (χ1) is 12.4. The molecule has 0 aliphatic rings. The van der Waals surface area contributed by atoms with Gasteiger partial charge in [-0.15, -0.1) is 0 Å². The summed E-state index contributed by atoms with van der Waals surface area (Å²) in [6, 6.07) is 17.0. The number of benzene rings is 2. The number of halogens is 2. The Kier molecular flexibility index (Phi) is 5.04. The molecule has 4 N–H and O–H groups in total. The van der Waals surface area contributed by atoms with Crippen molar-refractivity contribution < 1.29 is 9.18 Å². The molecule has 0 saturated heterocycles. The first kappa shape index (κ1) is 17.7. The lowest BCUT2D eigenvalue weighted by Crippen LogP contribution is -2.25. The molecule has 3 aromatic rings. The number of hydrogen-bond acceptors (Lipinski definition) is 1. The Morgan fingerprint density at radius 2 is 1.65 bits per heavy atom. The van der Waals surface area contributed by atoms with Crippen LogP contribution < -0.4 is 11.5 Å². The molecule has 0 aliphatic heterocycles. The normalized spacial score (nSPS) is 10.5. The van der Waals surface area contributed by atoms with Crippen LogP contribution in [0.15, 0.2) is 65.7 Å². The lowest BCUT2D eigenvalue weighted by molar-refractivity contribution is -0.118. The molecule has 7 heteroatoms. The van der Waals surface area contributed by atoms with Gasteiger partial charge in [0.1, 0.15) is 12.4 Å². The van der Waals surface area contributed by atoms with E-state index in [1.807, 2.05) is 24.3 Å². The third-order valence-corrected chi connectivity index (χ3v) is 4.02. The Balaban J connectivity index is 2.11. The molecule has 0 aliphatic carbocycles. The Labute approximate surface area is 154 Å². The van der Waals surface area contributed by atoms with Gasteiger partial charge in [-0.3, -0.25) is 4.79 Å². The van der Waals surface area contributed by atoms with E-state index >= 15 is 0 Å².